The van der Waals surface area contributed by atoms with Crippen LogP contribution in [0, 0.1) is 23.4 Å². The number of rotatable bonds is 6. The minimum absolute atomic E-state index is 0.0118. The fraction of sp³-hybridized carbons (Fsp3) is 0.455. The summed E-state index contributed by atoms with van der Waals surface area (Å²) in [5, 5.41) is 0. The number of benzene rings is 2. The first-order chi connectivity index (χ1) is 13.0. The summed E-state index contributed by atoms with van der Waals surface area (Å²) in [6, 6.07) is 8.15. The molecule has 0 atom stereocenters. The predicted octanol–water partition coefficient (Wildman–Crippen LogP) is 6.03. The number of methoxy groups -OCH3 is 1. The molecule has 0 aliphatic heterocycles. The van der Waals surface area contributed by atoms with Gasteiger partial charge in [-0.25, -0.2) is 8.78 Å². The lowest BCUT2D eigenvalue weighted by atomic mass is 9.79. The molecule has 0 amide bonds. The van der Waals surface area contributed by atoms with Gasteiger partial charge >= 0.3 is 0 Å². The van der Waals surface area contributed by atoms with Crippen LogP contribution in [0.4, 0.5) is 13.2 Å². The van der Waals surface area contributed by atoms with E-state index in [0.29, 0.717) is 12.2 Å². The van der Waals surface area contributed by atoms with Gasteiger partial charge in [-0.2, -0.15) is 4.39 Å². The molecule has 2 nitrogen and oxygen atoms in total. The van der Waals surface area contributed by atoms with E-state index < -0.39 is 11.6 Å². The Morgan fingerprint density at radius 1 is 0.926 bits per heavy atom. The van der Waals surface area contributed by atoms with Gasteiger partial charge in [0.15, 0.2) is 23.1 Å². The summed E-state index contributed by atoms with van der Waals surface area (Å²) in [6.07, 6.45) is 3.98. The first kappa shape index (κ1) is 19.6. The molecular formula is C22H25F3O2. The molecule has 0 unspecified atom stereocenters. The molecule has 1 fully saturated rings. The molecule has 1 aliphatic rings. The van der Waals surface area contributed by atoms with Crippen LogP contribution in [0.15, 0.2) is 30.3 Å². The summed E-state index contributed by atoms with van der Waals surface area (Å²) in [7, 11) is 1.32. The van der Waals surface area contributed by atoms with Gasteiger partial charge in [-0.3, -0.25) is 0 Å². The number of hydrogen-bond donors (Lipinski definition) is 0. The number of hydrogen-bond acceptors (Lipinski definition) is 2. The zero-order valence-corrected chi connectivity index (χ0v) is 15.7. The fourth-order valence-corrected chi connectivity index (χ4v) is 3.75. The summed E-state index contributed by atoms with van der Waals surface area (Å²) in [5.74, 6) is -1.59. The quantitative estimate of drug-likeness (QED) is 0.611. The van der Waals surface area contributed by atoms with Crippen LogP contribution >= 0.6 is 0 Å². The van der Waals surface area contributed by atoms with Crippen LogP contribution in [-0.4, -0.2) is 13.7 Å². The van der Waals surface area contributed by atoms with Crippen molar-refractivity contribution in [1.82, 2.24) is 0 Å². The number of halogens is 3. The first-order valence-electron chi connectivity index (χ1n) is 9.46. The van der Waals surface area contributed by atoms with Gasteiger partial charge in [0.1, 0.15) is 0 Å². The van der Waals surface area contributed by atoms with Crippen molar-refractivity contribution in [3.8, 4) is 11.5 Å². The third-order valence-corrected chi connectivity index (χ3v) is 5.46. The van der Waals surface area contributed by atoms with Crippen LogP contribution in [0.25, 0.3) is 0 Å². The minimum atomic E-state index is -0.925. The molecule has 1 saturated carbocycles. The standard InChI is InChI=1S/C22H25F3O2/c1-3-14-6-10-19(18(23)12-14)27-13-15-4-7-16(8-5-15)17-9-11-20(26-2)22(25)21(17)24/h6,9-12,15-16H,3-5,7-8,13H2,1-2H3. The highest BCUT2D eigenvalue weighted by atomic mass is 19.2. The molecule has 1 aliphatic carbocycles. The highest BCUT2D eigenvalue weighted by Crippen LogP contribution is 2.38. The second-order valence-electron chi connectivity index (χ2n) is 7.13. The van der Waals surface area contributed by atoms with Crippen LogP contribution in [0.2, 0.25) is 0 Å². The second kappa shape index (κ2) is 8.68. The van der Waals surface area contributed by atoms with Gasteiger partial charge in [-0.1, -0.05) is 19.1 Å². The van der Waals surface area contributed by atoms with Gasteiger partial charge in [0, 0.05) is 0 Å². The van der Waals surface area contributed by atoms with Gasteiger partial charge in [-0.05, 0) is 73.3 Å². The van der Waals surface area contributed by atoms with Gasteiger partial charge in [0.05, 0.1) is 13.7 Å². The molecule has 0 saturated heterocycles. The van der Waals surface area contributed by atoms with Crippen LogP contribution < -0.4 is 9.47 Å². The van der Waals surface area contributed by atoms with Crippen LogP contribution in [-0.2, 0) is 6.42 Å². The third kappa shape index (κ3) is 4.40. The van der Waals surface area contributed by atoms with E-state index in [1.807, 2.05) is 13.0 Å². The Morgan fingerprint density at radius 2 is 1.63 bits per heavy atom. The molecule has 0 aromatic heterocycles. The summed E-state index contributed by atoms with van der Waals surface area (Å²) < 4.78 is 52.7. The van der Waals surface area contributed by atoms with E-state index in [1.165, 1.54) is 19.2 Å². The molecule has 0 spiro atoms. The number of aryl methyl sites for hydroxylation is 1. The van der Waals surface area contributed by atoms with Crippen molar-refractivity contribution < 1.29 is 22.6 Å². The predicted molar refractivity (Wildman–Crippen MR) is 98.9 cm³/mol. The molecule has 0 heterocycles. The van der Waals surface area contributed by atoms with Gasteiger partial charge in [0.25, 0.3) is 0 Å². The van der Waals surface area contributed by atoms with Crippen LogP contribution in [0.3, 0.4) is 0 Å². The molecule has 27 heavy (non-hydrogen) atoms. The minimum Gasteiger partial charge on any atom is -0.494 e. The van der Waals surface area contributed by atoms with Crippen molar-refractivity contribution in [3.05, 3.63) is 58.9 Å². The Kier molecular flexibility index (Phi) is 6.30. The highest BCUT2D eigenvalue weighted by Gasteiger charge is 2.27. The Hall–Kier alpha value is -2.17. The monoisotopic (exact) mass is 378 g/mol. The molecular weight excluding hydrogens is 353 g/mol. The first-order valence-corrected chi connectivity index (χ1v) is 9.46. The van der Waals surface area contributed by atoms with Crippen molar-refractivity contribution in [2.24, 2.45) is 5.92 Å². The van der Waals surface area contributed by atoms with E-state index in [1.54, 1.807) is 12.1 Å². The molecule has 0 N–H and O–H groups in total. The Bertz CT molecular complexity index is 783. The van der Waals surface area contributed by atoms with Crippen molar-refractivity contribution in [2.45, 2.75) is 44.9 Å². The lowest BCUT2D eigenvalue weighted by Crippen LogP contribution is -2.20. The smallest absolute Gasteiger partial charge is 0.200 e. The van der Waals surface area contributed by atoms with Crippen molar-refractivity contribution >= 4 is 0 Å². The normalized spacial score (nSPS) is 19.7. The molecule has 0 bridgehead atoms. The largest absolute Gasteiger partial charge is 0.494 e. The fourth-order valence-electron chi connectivity index (χ4n) is 3.75. The Labute approximate surface area is 158 Å². The lowest BCUT2D eigenvalue weighted by molar-refractivity contribution is 0.193. The molecule has 2 aromatic rings. The summed E-state index contributed by atoms with van der Waals surface area (Å²) in [5.41, 5.74) is 1.35. The molecule has 146 valence electrons. The van der Waals surface area contributed by atoms with Crippen molar-refractivity contribution in [2.75, 3.05) is 13.7 Å². The topological polar surface area (TPSA) is 18.5 Å². The van der Waals surface area contributed by atoms with Gasteiger partial charge in [-0.15, -0.1) is 0 Å². The third-order valence-electron chi connectivity index (χ3n) is 5.46. The zero-order valence-electron chi connectivity index (χ0n) is 15.7. The van der Waals surface area contributed by atoms with Crippen molar-refractivity contribution in [1.29, 1.82) is 0 Å². The Morgan fingerprint density at radius 3 is 2.26 bits per heavy atom. The average molecular weight is 378 g/mol. The molecule has 3 rings (SSSR count). The number of ether oxygens (including phenoxy) is 2. The SMILES string of the molecule is CCc1ccc(OCC2CCC(c3ccc(OC)c(F)c3F)CC2)c(F)c1. The van der Waals surface area contributed by atoms with E-state index in [9.17, 15) is 13.2 Å². The Balaban J connectivity index is 1.56. The highest BCUT2D eigenvalue weighted by molar-refractivity contribution is 5.33. The lowest BCUT2D eigenvalue weighted by Gasteiger charge is -2.29. The van der Waals surface area contributed by atoms with Crippen LogP contribution in [0.5, 0.6) is 11.5 Å². The zero-order chi connectivity index (χ0) is 19.4. The van der Waals surface area contributed by atoms with E-state index in [4.69, 9.17) is 9.47 Å². The summed E-state index contributed by atoms with van der Waals surface area (Å²) in [6.45, 7) is 2.42. The van der Waals surface area contributed by atoms with E-state index in [-0.39, 0.29) is 29.2 Å². The average Bonchev–Trinajstić information content (AvgIpc) is 2.69. The van der Waals surface area contributed by atoms with Crippen molar-refractivity contribution in [3.63, 3.8) is 0 Å². The van der Waals surface area contributed by atoms with E-state index in [2.05, 4.69) is 0 Å². The molecule has 5 heteroatoms. The van der Waals surface area contributed by atoms with Gasteiger partial charge < -0.3 is 9.47 Å². The van der Waals surface area contributed by atoms with E-state index in [0.717, 1.165) is 37.7 Å². The maximum atomic E-state index is 14.3. The van der Waals surface area contributed by atoms with Gasteiger partial charge in [0.2, 0.25) is 5.82 Å². The molecule has 2 aromatic carbocycles. The second-order valence-corrected chi connectivity index (χ2v) is 7.13. The van der Waals surface area contributed by atoms with E-state index >= 15 is 0 Å². The maximum Gasteiger partial charge on any atom is 0.200 e. The van der Waals surface area contributed by atoms with Crippen LogP contribution in [0.1, 0.15) is 49.7 Å². The summed E-state index contributed by atoms with van der Waals surface area (Å²) >= 11 is 0. The molecule has 0 radical (unpaired) electrons. The summed E-state index contributed by atoms with van der Waals surface area (Å²) in [4.78, 5) is 0. The maximum absolute atomic E-state index is 14.3.